The highest BCUT2D eigenvalue weighted by Gasteiger charge is 2.20. The lowest BCUT2D eigenvalue weighted by Crippen LogP contribution is -2.48. The van der Waals surface area contributed by atoms with Gasteiger partial charge in [0.1, 0.15) is 6.04 Å². The summed E-state index contributed by atoms with van der Waals surface area (Å²) in [5.41, 5.74) is 1.02. The Hall–Kier alpha value is -1.42. The normalized spacial score (nSPS) is 13.8. The minimum Gasteiger partial charge on any atom is -0.354 e. The van der Waals surface area contributed by atoms with Crippen LogP contribution in [0.4, 0.5) is 8.78 Å². The molecule has 3 N–H and O–H groups in total. The van der Waals surface area contributed by atoms with Crippen molar-refractivity contribution in [3.8, 4) is 0 Å². The van der Waals surface area contributed by atoms with E-state index in [0.29, 0.717) is 13.0 Å². The Morgan fingerprint density at radius 3 is 2.59 bits per heavy atom. The summed E-state index contributed by atoms with van der Waals surface area (Å²) < 4.78 is 47.4. The lowest BCUT2D eigenvalue weighted by molar-refractivity contribution is -0.143. The van der Waals surface area contributed by atoms with Gasteiger partial charge in [-0.2, -0.15) is 8.78 Å². The van der Waals surface area contributed by atoms with Crippen LogP contribution in [0.2, 0.25) is 0 Å². The molecule has 0 fully saturated rings. The molecule has 22 heavy (non-hydrogen) atoms. The van der Waals surface area contributed by atoms with E-state index in [4.69, 9.17) is 4.55 Å². The molecule has 0 aromatic heterocycles. The van der Waals surface area contributed by atoms with Crippen LogP contribution in [-0.2, 0) is 27.0 Å². The highest BCUT2D eigenvalue weighted by Crippen LogP contribution is 2.00. The number of carbonyl (C=O) groups excluding carboxylic acids is 1. The molecule has 0 saturated carbocycles. The Labute approximate surface area is 129 Å². The minimum absolute atomic E-state index is 0.317. The Morgan fingerprint density at radius 1 is 1.32 bits per heavy atom. The van der Waals surface area contributed by atoms with Crippen LogP contribution in [-0.4, -0.2) is 46.4 Å². The van der Waals surface area contributed by atoms with Gasteiger partial charge in [0.25, 0.3) is 0 Å². The number of alkyl halides is 2. The highest BCUT2D eigenvalue weighted by molar-refractivity contribution is 7.79. The third kappa shape index (κ3) is 8.13. The third-order valence-electron chi connectivity index (χ3n) is 2.71. The van der Waals surface area contributed by atoms with Gasteiger partial charge in [-0.05, 0) is 12.0 Å². The largest absolute Gasteiger partial charge is 0.354 e. The predicted molar refractivity (Wildman–Crippen MR) is 77.7 cm³/mol. The molecular weight excluding hydrogens is 318 g/mol. The van der Waals surface area contributed by atoms with Gasteiger partial charge in [-0.15, -0.1) is 0 Å². The summed E-state index contributed by atoms with van der Waals surface area (Å²) in [7, 11) is 0. The first-order valence-corrected chi connectivity index (χ1v) is 7.79. The van der Waals surface area contributed by atoms with E-state index < -0.39 is 42.1 Å². The Kier molecular flexibility index (Phi) is 8.75. The maximum atomic E-state index is 12.0. The predicted octanol–water partition coefficient (Wildman–Crippen LogP) is 0.722. The second-order valence-electron chi connectivity index (χ2n) is 4.34. The van der Waals surface area contributed by atoms with Crippen molar-refractivity contribution in [2.45, 2.75) is 19.1 Å². The number of hydrogen-bond acceptors (Lipinski definition) is 4. The standard InChI is InChI=1S/C13H18F2N2O4S/c14-13(15)21-8-11(17-9-22(19)20)12(18)16-7-6-10-4-2-1-3-5-10/h1-5,11,13,17H,6-9H2,(H,16,18)(H,19,20). The Bertz CT molecular complexity index is 476. The topological polar surface area (TPSA) is 87.7 Å². The number of rotatable bonds is 10. The zero-order valence-corrected chi connectivity index (χ0v) is 12.5. The molecular formula is C13H18F2N2O4S. The first kappa shape index (κ1) is 18.6. The van der Waals surface area contributed by atoms with Crippen molar-refractivity contribution in [1.29, 1.82) is 0 Å². The number of carbonyl (C=O) groups is 1. The molecule has 9 heteroatoms. The summed E-state index contributed by atoms with van der Waals surface area (Å²) >= 11 is -2.19. The van der Waals surface area contributed by atoms with Crippen molar-refractivity contribution in [2.24, 2.45) is 0 Å². The second kappa shape index (κ2) is 10.3. The second-order valence-corrected chi connectivity index (χ2v) is 5.27. The molecule has 1 aromatic rings. The van der Waals surface area contributed by atoms with Gasteiger partial charge in [-0.1, -0.05) is 30.3 Å². The van der Waals surface area contributed by atoms with E-state index in [2.05, 4.69) is 15.4 Å². The molecule has 2 unspecified atom stereocenters. The molecule has 124 valence electrons. The number of amides is 1. The summed E-state index contributed by atoms with van der Waals surface area (Å²) in [5, 5.41) is 4.97. The minimum atomic E-state index is -3.01. The number of halogens is 2. The molecule has 0 bridgehead atoms. The van der Waals surface area contributed by atoms with Crippen LogP contribution < -0.4 is 10.6 Å². The van der Waals surface area contributed by atoms with E-state index in [0.717, 1.165) is 5.56 Å². The van der Waals surface area contributed by atoms with Gasteiger partial charge in [0, 0.05) is 6.54 Å². The van der Waals surface area contributed by atoms with Crippen LogP contribution in [0.5, 0.6) is 0 Å². The van der Waals surface area contributed by atoms with E-state index in [1.807, 2.05) is 30.3 Å². The summed E-state index contributed by atoms with van der Waals surface area (Å²) in [6, 6.07) is 8.29. The van der Waals surface area contributed by atoms with E-state index >= 15 is 0 Å². The molecule has 0 saturated heterocycles. The first-order valence-electron chi connectivity index (χ1n) is 6.51. The molecule has 6 nitrogen and oxygen atoms in total. The highest BCUT2D eigenvalue weighted by atomic mass is 32.2. The zero-order valence-electron chi connectivity index (χ0n) is 11.7. The van der Waals surface area contributed by atoms with Gasteiger partial charge >= 0.3 is 6.61 Å². The fraction of sp³-hybridized carbons (Fsp3) is 0.462. The van der Waals surface area contributed by atoms with Crippen LogP contribution in [0.25, 0.3) is 0 Å². The number of benzene rings is 1. The monoisotopic (exact) mass is 336 g/mol. The fourth-order valence-corrected chi connectivity index (χ4v) is 2.01. The molecule has 1 amide bonds. The number of hydrogen-bond donors (Lipinski definition) is 3. The van der Waals surface area contributed by atoms with Crippen LogP contribution in [0.1, 0.15) is 5.56 Å². The molecule has 1 aromatic carbocycles. The lowest BCUT2D eigenvalue weighted by Gasteiger charge is -2.17. The molecule has 1 rings (SSSR count). The number of nitrogens with one attached hydrogen (secondary N) is 2. The van der Waals surface area contributed by atoms with Crippen LogP contribution in [0.3, 0.4) is 0 Å². The first-order chi connectivity index (χ1) is 10.5. The molecule has 0 radical (unpaired) electrons. The van der Waals surface area contributed by atoms with Crippen LogP contribution in [0.15, 0.2) is 30.3 Å². The van der Waals surface area contributed by atoms with E-state index in [1.165, 1.54) is 0 Å². The van der Waals surface area contributed by atoms with E-state index in [-0.39, 0.29) is 0 Å². The zero-order chi connectivity index (χ0) is 16.4. The van der Waals surface area contributed by atoms with Crippen molar-refractivity contribution in [3.63, 3.8) is 0 Å². The summed E-state index contributed by atoms with van der Waals surface area (Å²) in [6.45, 7) is -3.29. The van der Waals surface area contributed by atoms with Crippen molar-refractivity contribution in [3.05, 3.63) is 35.9 Å². The third-order valence-corrected chi connectivity index (χ3v) is 3.13. The average Bonchev–Trinajstić information content (AvgIpc) is 2.47. The average molecular weight is 336 g/mol. The van der Waals surface area contributed by atoms with Gasteiger partial charge in [0.15, 0.2) is 11.1 Å². The molecule has 0 aliphatic heterocycles. The van der Waals surface area contributed by atoms with E-state index in [1.54, 1.807) is 0 Å². The Balaban J connectivity index is 2.42. The smallest absolute Gasteiger partial charge is 0.345 e. The summed E-state index contributed by atoms with van der Waals surface area (Å²) in [4.78, 5) is 11.9. The van der Waals surface area contributed by atoms with Gasteiger partial charge in [0.2, 0.25) is 5.91 Å². The lowest BCUT2D eigenvalue weighted by atomic mass is 10.1. The van der Waals surface area contributed by atoms with Crippen molar-refractivity contribution >= 4 is 17.0 Å². The van der Waals surface area contributed by atoms with Crippen molar-refractivity contribution in [2.75, 3.05) is 19.0 Å². The molecule has 0 heterocycles. The Morgan fingerprint density at radius 2 is 2.00 bits per heavy atom. The maximum Gasteiger partial charge on any atom is 0.345 e. The molecule has 0 spiro atoms. The summed E-state index contributed by atoms with van der Waals surface area (Å²) in [6.07, 6.45) is 0.584. The SMILES string of the molecule is O=C(NCCc1ccccc1)C(COC(F)F)NCS(=O)O. The van der Waals surface area contributed by atoms with Gasteiger partial charge < -0.3 is 14.6 Å². The number of ether oxygens (including phenoxy) is 1. The maximum absolute atomic E-state index is 12.0. The molecule has 0 aliphatic rings. The van der Waals surface area contributed by atoms with Crippen LogP contribution >= 0.6 is 0 Å². The molecule has 0 aliphatic carbocycles. The van der Waals surface area contributed by atoms with Gasteiger partial charge in [-0.3, -0.25) is 10.1 Å². The van der Waals surface area contributed by atoms with Crippen molar-refractivity contribution in [1.82, 2.24) is 10.6 Å². The van der Waals surface area contributed by atoms with Gasteiger partial charge in [0.05, 0.1) is 12.5 Å². The quantitative estimate of drug-likeness (QED) is 0.548. The van der Waals surface area contributed by atoms with Crippen molar-refractivity contribution < 1.29 is 27.1 Å². The molecule has 2 atom stereocenters. The summed E-state index contributed by atoms with van der Waals surface area (Å²) in [5.74, 6) is -0.981. The van der Waals surface area contributed by atoms with Crippen LogP contribution in [0, 0.1) is 0 Å². The van der Waals surface area contributed by atoms with Gasteiger partial charge in [-0.25, -0.2) is 4.21 Å². The fourth-order valence-electron chi connectivity index (χ4n) is 1.67. The van der Waals surface area contributed by atoms with E-state index in [9.17, 15) is 17.8 Å².